The highest BCUT2D eigenvalue weighted by Crippen LogP contribution is 2.30. The van der Waals surface area contributed by atoms with Crippen LogP contribution in [0.2, 0.25) is 0 Å². The second-order valence-electron chi connectivity index (χ2n) is 8.35. The van der Waals surface area contributed by atoms with Crippen LogP contribution in [0.5, 0.6) is 0 Å². The summed E-state index contributed by atoms with van der Waals surface area (Å²) in [6, 6.07) is 12.0. The highest BCUT2D eigenvalue weighted by molar-refractivity contribution is 7.08. The first-order chi connectivity index (χ1) is 16.0. The lowest BCUT2D eigenvalue weighted by Gasteiger charge is -2.33. The highest BCUT2D eigenvalue weighted by Gasteiger charge is 2.34. The van der Waals surface area contributed by atoms with E-state index >= 15 is 0 Å². The first kappa shape index (κ1) is 23.1. The smallest absolute Gasteiger partial charge is 0.248 e. The number of hydrogen-bond donors (Lipinski definition) is 1. The number of benzene rings is 2. The average molecular weight is 469 g/mol. The Balaban J connectivity index is 1.73. The molecule has 1 heterocycles. The maximum atomic E-state index is 13.7. The van der Waals surface area contributed by atoms with E-state index in [-0.39, 0.29) is 24.3 Å². The van der Waals surface area contributed by atoms with Gasteiger partial charge in [0.25, 0.3) is 0 Å². The molecule has 33 heavy (non-hydrogen) atoms. The molecule has 1 fully saturated rings. The maximum Gasteiger partial charge on any atom is 0.248 e. The van der Waals surface area contributed by atoms with E-state index in [4.69, 9.17) is 0 Å². The number of amides is 2. The first-order valence-corrected chi connectivity index (χ1v) is 12.1. The van der Waals surface area contributed by atoms with Gasteiger partial charge in [-0.3, -0.25) is 14.5 Å². The summed E-state index contributed by atoms with van der Waals surface area (Å²) in [5.41, 5.74) is 1.74. The average Bonchev–Trinajstić information content (AvgIpc) is 3.32. The van der Waals surface area contributed by atoms with Gasteiger partial charge in [0.15, 0.2) is 0 Å². The molecule has 2 amide bonds. The van der Waals surface area contributed by atoms with Crippen molar-refractivity contribution in [1.82, 2.24) is 5.32 Å². The summed E-state index contributed by atoms with van der Waals surface area (Å²) in [5.74, 6) is -1.48. The van der Waals surface area contributed by atoms with E-state index in [1.807, 2.05) is 16.8 Å². The molecule has 1 saturated carbocycles. The molecule has 172 valence electrons. The van der Waals surface area contributed by atoms with E-state index in [1.54, 1.807) is 0 Å². The monoisotopic (exact) mass is 468 g/mol. The van der Waals surface area contributed by atoms with Gasteiger partial charge in [0.1, 0.15) is 17.7 Å². The molecule has 1 N–H and O–H groups in total. The molecular formula is C26H26F2N2O2S. The third kappa shape index (κ3) is 5.85. The van der Waals surface area contributed by atoms with Crippen LogP contribution in [0, 0.1) is 11.6 Å². The predicted octanol–water partition coefficient (Wildman–Crippen LogP) is 5.79. The third-order valence-corrected chi connectivity index (χ3v) is 6.68. The zero-order valence-corrected chi connectivity index (χ0v) is 19.0. The number of nitrogens with zero attached hydrogens (tertiary/aromatic N) is 1. The Hall–Kier alpha value is -3.06. The number of halogens is 2. The van der Waals surface area contributed by atoms with Gasteiger partial charge in [-0.15, -0.1) is 0 Å². The van der Waals surface area contributed by atoms with E-state index in [9.17, 15) is 18.4 Å². The number of carbonyl (C=O) groups excluding carboxylic acids is 2. The molecule has 0 bridgehead atoms. The number of rotatable bonds is 7. The Labute approximate surface area is 196 Å². The summed E-state index contributed by atoms with van der Waals surface area (Å²) in [5, 5.41) is 6.88. The molecule has 0 spiro atoms. The van der Waals surface area contributed by atoms with Crippen LogP contribution in [0.15, 0.2) is 65.4 Å². The summed E-state index contributed by atoms with van der Waals surface area (Å²) in [6.45, 7) is 0. The fourth-order valence-electron chi connectivity index (χ4n) is 4.28. The molecular weight excluding hydrogens is 442 g/mol. The molecule has 1 atom stereocenters. The van der Waals surface area contributed by atoms with E-state index in [2.05, 4.69) is 5.32 Å². The van der Waals surface area contributed by atoms with Crippen LogP contribution in [-0.4, -0.2) is 17.9 Å². The van der Waals surface area contributed by atoms with E-state index in [0.29, 0.717) is 11.3 Å². The summed E-state index contributed by atoms with van der Waals surface area (Å²) in [7, 11) is 0. The van der Waals surface area contributed by atoms with Crippen molar-refractivity contribution in [3.63, 3.8) is 0 Å². The van der Waals surface area contributed by atoms with Gasteiger partial charge in [0, 0.05) is 11.7 Å². The van der Waals surface area contributed by atoms with Gasteiger partial charge >= 0.3 is 0 Å². The second kappa shape index (κ2) is 10.7. The van der Waals surface area contributed by atoms with Crippen molar-refractivity contribution < 1.29 is 18.4 Å². The Morgan fingerprint density at radius 3 is 2.18 bits per heavy atom. The lowest BCUT2D eigenvalue weighted by atomic mass is 9.94. The van der Waals surface area contributed by atoms with Crippen LogP contribution in [0.25, 0.3) is 0 Å². The minimum Gasteiger partial charge on any atom is -0.351 e. The van der Waals surface area contributed by atoms with Gasteiger partial charge in [0.05, 0.1) is 6.42 Å². The number of hydrogen-bond acceptors (Lipinski definition) is 3. The molecule has 2 aromatic carbocycles. The summed E-state index contributed by atoms with van der Waals surface area (Å²) in [4.78, 5) is 28.6. The molecule has 0 unspecified atom stereocenters. The van der Waals surface area contributed by atoms with Gasteiger partial charge in [-0.1, -0.05) is 31.4 Å². The largest absolute Gasteiger partial charge is 0.351 e. The Morgan fingerprint density at radius 2 is 1.58 bits per heavy atom. The third-order valence-electron chi connectivity index (χ3n) is 5.95. The zero-order chi connectivity index (χ0) is 23.2. The summed E-state index contributed by atoms with van der Waals surface area (Å²) in [6.07, 6.45) is 5.11. The quantitative estimate of drug-likeness (QED) is 0.477. The lowest BCUT2D eigenvalue weighted by Crippen LogP contribution is -2.47. The summed E-state index contributed by atoms with van der Waals surface area (Å²) >= 11 is 1.49. The van der Waals surface area contributed by atoms with Crippen molar-refractivity contribution in [2.75, 3.05) is 4.90 Å². The first-order valence-electron chi connectivity index (χ1n) is 11.2. The Morgan fingerprint density at radius 1 is 0.939 bits per heavy atom. The summed E-state index contributed by atoms with van der Waals surface area (Å²) < 4.78 is 27.4. The van der Waals surface area contributed by atoms with Gasteiger partial charge in [-0.05, 0) is 77.2 Å². The molecule has 0 radical (unpaired) electrons. The fraction of sp³-hybridized carbons (Fsp3) is 0.308. The van der Waals surface area contributed by atoms with E-state index in [1.165, 1.54) is 64.8 Å². The molecule has 1 aromatic heterocycles. The standard InChI is InChI=1S/C26H26F2N2O2S/c27-20-8-6-19(7-9-20)25(26(32)29-22-4-2-1-3-5-22)30(23-12-10-21(28)11-13-23)24(31)16-18-14-15-33-17-18/h6-15,17,22,25H,1-5,16H2,(H,29,32)/t25-/m1/s1. The molecule has 1 aliphatic rings. The Bertz CT molecular complexity index is 1060. The Kier molecular flexibility index (Phi) is 7.50. The molecule has 4 nitrogen and oxygen atoms in total. The molecule has 3 aromatic rings. The number of thiophene rings is 1. The van der Waals surface area contributed by atoms with Crippen LogP contribution in [0.4, 0.5) is 14.5 Å². The van der Waals surface area contributed by atoms with Gasteiger partial charge in [-0.25, -0.2) is 8.78 Å². The predicted molar refractivity (Wildman–Crippen MR) is 126 cm³/mol. The fourth-order valence-corrected chi connectivity index (χ4v) is 4.95. The topological polar surface area (TPSA) is 49.4 Å². The van der Waals surface area contributed by atoms with Crippen molar-refractivity contribution in [2.24, 2.45) is 0 Å². The van der Waals surface area contributed by atoms with Crippen molar-refractivity contribution in [1.29, 1.82) is 0 Å². The normalized spacial score (nSPS) is 15.1. The molecule has 4 rings (SSSR count). The van der Waals surface area contributed by atoms with Crippen molar-refractivity contribution in [3.8, 4) is 0 Å². The van der Waals surface area contributed by atoms with Crippen molar-refractivity contribution in [2.45, 2.75) is 50.6 Å². The van der Waals surface area contributed by atoms with E-state index < -0.39 is 17.7 Å². The molecule has 7 heteroatoms. The molecule has 0 aliphatic heterocycles. The maximum absolute atomic E-state index is 13.7. The number of anilines is 1. The highest BCUT2D eigenvalue weighted by atomic mass is 32.1. The number of carbonyl (C=O) groups is 2. The van der Waals surface area contributed by atoms with Gasteiger partial charge < -0.3 is 5.32 Å². The van der Waals surface area contributed by atoms with E-state index in [0.717, 1.165) is 37.7 Å². The van der Waals surface area contributed by atoms with Crippen LogP contribution in [0.1, 0.15) is 49.3 Å². The van der Waals surface area contributed by atoms with Crippen molar-refractivity contribution in [3.05, 3.63) is 88.1 Å². The SMILES string of the molecule is O=C(NC1CCCCC1)[C@@H](c1ccc(F)cc1)N(C(=O)Cc1ccsc1)c1ccc(F)cc1. The molecule has 1 aliphatic carbocycles. The van der Waals surface area contributed by atoms with Crippen LogP contribution in [-0.2, 0) is 16.0 Å². The second-order valence-corrected chi connectivity index (χ2v) is 9.13. The minimum absolute atomic E-state index is 0.0382. The van der Waals surface area contributed by atoms with Crippen LogP contribution < -0.4 is 10.2 Å². The van der Waals surface area contributed by atoms with Crippen LogP contribution >= 0.6 is 11.3 Å². The van der Waals surface area contributed by atoms with Gasteiger partial charge in [0.2, 0.25) is 11.8 Å². The van der Waals surface area contributed by atoms with Gasteiger partial charge in [-0.2, -0.15) is 11.3 Å². The lowest BCUT2D eigenvalue weighted by molar-refractivity contribution is -0.127. The van der Waals surface area contributed by atoms with Crippen LogP contribution in [0.3, 0.4) is 0 Å². The van der Waals surface area contributed by atoms with Crippen molar-refractivity contribution >= 4 is 28.8 Å². The number of nitrogens with one attached hydrogen (secondary N) is 1. The zero-order valence-electron chi connectivity index (χ0n) is 18.2. The molecule has 0 saturated heterocycles. The minimum atomic E-state index is -1.01.